The van der Waals surface area contributed by atoms with E-state index in [0.29, 0.717) is 23.7 Å². The van der Waals surface area contributed by atoms with Crippen molar-refractivity contribution in [3.05, 3.63) is 69.5 Å². The summed E-state index contributed by atoms with van der Waals surface area (Å²) >= 11 is 1.55. The maximum absolute atomic E-state index is 12.1. The number of hydrogen-bond acceptors (Lipinski definition) is 5. The summed E-state index contributed by atoms with van der Waals surface area (Å²) in [5.74, 6) is 0.987. The summed E-state index contributed by atoms with van der Waals surface area (Å²) in [4.78, 5) is 15.8. The van der Waals surface area contributed by atoms with Gasteiger partial charge in [0.15, 0.2) is 5.82 Å². The first-order valence-corrected chi connectivity index (χ1v) is 7.61. The molecule has 7 heteroatoms. The van der Waals surface area contributed by atoms with Crippen molar-refractivity contribution in [2.75, 3.05) is 0 Å². The molecule has 0 radical (unpaired) electrons. The van der Waals surface area contributed by atoms with Crippen LogP contribution in [-0.4, -0.2) is 24.8 Å². The van der Waals surface area contributed by atoms with Crippen LogP contribution in [0.15, 0.2) is 52.6 Å². The van der Waals surface area contributed by atoms with Crippen molar-refractivity contribution >= 4 is 17.1 Å². The third kappa shape index (κ3) is 2.21. The van der Waals surface area contributed by atoms with E-state index < -0.39 is 0 Å². The second kappa shape index (κ2) is 5.19. The molecule has 0 amide bonds. The lowest BCUT2D eigenvalue weighted by molar-refractivity contribution is 0.830. The number of aromatic nitrogens is 5. The molecule has 6 nitrogen and oxygen atoms in total. The Morgan fingerprint density at radius 2 is 1.95 bits per heavy atom. The minimum Gasteiger partial charge on any atom is -0.288 e. The van der Waals surface area contributed by atoms with Gasteiger partial charge in [-0.05, 0) is 17.0 Å². The Hall–Kier alpha value is -2.80. The topological polar surface area (TPSA) is 75.9 Å². The van der Waals surface area contributed by atoms with E-state index in [1.54, 1.807) is 15.9 Å². The Labute approximate surface area is 129 Å². The predicted octanol–water partition coefficient (Wildman–Crippen LogP) is 2.13. The van der Waals surface area contributed by atoms with Gasteiger partial charge in [-0.15, -0.1) is 21.5 Å². The summed E-state index contributed by atoms with van der Waals surface area (Å²) in [5, 5.41) is 14.5. The van der Waals surface area contributed by atoms with E-state index in [0.717, 1.165) is 10.4 Å². The highest BCUT2D eigenvalue weighted by atomic mass is 32.1. The minimum atomic E-state index is -0.235. The number of H-pyrrole nitrogens is 1. The van der Waals surface area contributed by atoms with Gasteiger partial charge in [0.25, 0.3) is 11.3 Å². The zero-order valence-electron chi connectivity index (χ0n) is 11.4. The van der Waals surface area contributed by atoms with Crippen molar-refractivity contribution < 1.29 is 0 Å². The third-order valence-electron chi connectivity index (χ3n) is 3.30. The normalized spacial score (nSPS) is 11.1. The molecule has 1 aromatic carbocycles. The van der Waals surface area contributed by atoms with Crippen molar-refractivity contribution in [2.45, 2.75) is 6.42 Å². The molecule has 4 rings (SSSR count). The molecule has 0 aliphatic rings. The maximum Gasteiger partial charge on any atom is 0.274 e. The van der Waals surface area contributed by atoms with Crippen LogP contribution in [0.2, 0.25) is 0 Å². The molecule has 0 unspecified atom stereocenters. The van der Waals surface area contributed by atoms with Crippen LogP contribution in [-0.2, 0) is 6.42 Å². The SMILES string of the molecule is O=c1[nH]c2nnc(-c3cccs3)n2nc1Cc1ccccc1. The summed E-state index contributed by atoms with van der Waals surface area (Å²) in [7, 11) is 0. The summed E-state index contributed by atoms with van der Waals surface area (Å²) in [6, 6.07) is 13.7. The van der Waals surface area contributed by atoms with Crippen molar-refractivity contribution in [1.82, 2.24) is 24.8 Å². The second-order valence-electron chi connectivity index (χ2n) is 4.80. The molecule has 0 saturated heterocycles. The lowest BCUT2D eigenvalue weighted by Crippen LogP contribution is -2.19. The van der Waals surface area contributed by atoms with Gasteiger partial charge in [0.05, 0.1) is 4.88 Å². The van der Waals surface area contributed by atoms with E-state index >= 15 is 0 Å². The minimum absolute atomic E-state index is 0.235. The molecular formula is C15H11N5OS. The average Bonchev–Trinajstić information content (AvgIpc) is 3.18. The number of nitrogens with zero attached hydrogens (tertiary/aromatic N) is 4. The van der Waals surface area contributed by atoms with Crippen LogP contribution < -0.4 is 5.56 Å². The molecule has 0 atom stereocenters. The standard InChI is InChI=1S/C15H11N5OS/c21-14-11(9-10-5-2-1-3-6-10)19-20-13(12-7-4-8-22-12)17-18-15(20)16-14/h1-8H,9H2,(H,16,18,21). The first kappa shape index (κ1) is 12.9. The molecule has 4 aromatic rings. The van der Waals surface area contributed by atoms with Crippen molar-refractivity contribution in [1.29, 1.82) is 0 Å². The number of benzene rings is 1. The number of hydrogen-bond donors (Lipinski definition) is 1. The average molecular weight is 309 g/mol. The molecule has 0 spiro atoms. The van der Waals surface area contributed by atoms with Gasteiger partial charge >= 0.3 is 0 Å². The van der Waals surface area contributed by atoms with Crippen LogP contribution in [0, 0.1) is 0 Å². The summed E-state index contributed by atoms with van der Waals surface area (Å²) in [6.07, 6.45) is 0.466. The van der Waals surface area contributed by atoms with Gasteiger partial charge in [-0.25, -0.2) is 0 Å². The van der Waals surface area contributed by atoms with Gasteiger partial charge in [0, 0.05) is 6.42 Å². The molecule has 3 heterocycles. The van der Waals surface area contributed by atoms with Gasteiger partial charge in [-0.3, -0.25) is 9.78 Å². The van der Waals surface area contributed by atoms with E-state index in [4.69, 9.17) is 0 Å². The van der Waals surface area contributed by atoms with Crippen LogP contribution in [0.25, 0.3) is 16.5 Å². The van der Waals surface area contributed by atoms with Gasteiger partial charge in [0.1, 0.15) is 5.69 Å². The number of rotatable bonds is 3. The van der Waals surface area contributed by atoms with E-state index in [9.17, 15) is 4.79 Å². The molecule has 0 bridgehead atoms. The third-order valence-corrected chi connectivity index (χ3v) is 4.17. The zero-order valence-corrected chi connectivity index (χ0v) is 12.2. The van der Waals surface area contributed by atoms with Gasteiger partial charge in [-0.1, -0.05) is 36.4 Å². The first-order valence-electron chi connectivity index (χ1n) is 6.74. The summed E-state index contributed by atoms with van der Waals surface area (Å²) < 4.78 is 1.59. The molecular weight excluding hydrogens is 298 g/mol. The fourth-order valence-corrected chi connectivity index (χ4v) is 2.95. The number of nitrogens with one attached hydrogen (secondary N) is 1. The smallest absolute Gasteiger partial charge is 0.274 e. The van der Waals surface area contributed by atoms with Crippen LogP contribution in [0.3, 0.4) is 0 Å². The van der Waals surface area contributed by atoms with Crippen LogP contribution in [0.4, 0.5) is 0 Å². The molecule has 108 valence electrons. The lowest BCUT2D eigenvalue weighted by Gasteiger charge is -2.02. The quantitative estimate of drug-likeness (QED) is 0.629. The molecule has 0 fully saturated rings. The molecule has 1 N–H and O–H groups in total. The van der Waals surface area contributed by atoms with Gasteiger partial charge in [0.2, 0.25) is 0 Å². The Morgan fingerprint density at radius 3 is 2.73 bits per heavy atom. The van der Waals surface area contributed by atoms with Gasteiger partial charge in [-0.2, -0.15) is 9.61 Å². The number of aromatic amines is 1. The molecule has 0 aliphatic heterocycles. The zero-order chi connectivity index (χ0) is 14.9. The first-order chi connectivity index (χ1) is 10.8. The highest BCUT2D eigenvalue weighted by Gasteiger charge is 2.13. The van der Waals surface area contributed by atoms with E-state index in [2.05, 4.69) is 20.3 Å². The Bertz CT molecular complexity index is 972. The van der Waals surface area contributed by atoms with Gasteiger partial charge < -0.3 is 0 Å². The lowest BCUT2D eigenvalue weighted by atomic mass is 10.1. The fourth-order valence-electron chi connectivity index (χ4n) is 2.26. The monoisotopic (exact) mass is 309 g/mol. The molecule has 22 heavy (non-hydrogen) atoms. The van der Waals surface area contributed by atoms with E-state index in [-0.39, 0.29) is 5.56 Å². The summed E-state index contributed by atoms with van der Waals surface area (Å²) in [6.45, 7) is 0. The van der Waals surface area contributed by atoms with Crippen LogP contribution in [0.5, 0.6) is 0 Å². The number of fused-ring (bicyclic) bond motifs is 1. The summed E-state index contributed by atoms with van der Waals surface area (Å²) in [5.41, 5.74) is 1.24. The van der Waals surface area contributed by atoms with Crippen LogP contribution in [0.1, 0.15) is 11.3 Å². The second-order valence-corrected chi connectivity index (χ2v) is 5.75. The maximum atomic E-state index is 12.1. The van der Waals surface area contributed by atoms with E-state index in [1.165, 1.54) is 0 Å². The Balaban J connectivity index is 1.84. The number of thiophene rings is 1. The van der Waals surface area contributed by atoms with E-state index in [1.807, 2.05) is 47.8 Å². The van der Waals surface area contributed by atoms with Crippen molar-refractivity contribution in [3.8, 4) is 10.7 Å². The van der Waals surface area contributed by atoms with Crippen molar-refractivity contribution in [2.24, 2.45) is 0 Å². The highest BCUT2D eigenvalue weighted by molar-refractivity contribution is 7.13. The fraction of sp³-hybridized carbons (Fsp3) is 0.0667. The Kier molecular flexibility index (Phi) is 3.05. The molecule has 0 saturated carbocycles. The predicted molar refractivity (Wildman–Crippen MR) is 84.0 cm³/mol. The Morgan fingerprint density at radius 1 is 1.09 bits per heavy atom. The van der Waals surface area contributed by atoms with Crippen LogP contribution >= 0.6 is 11.3 Å². The highest BCUT2D eigenvalue weighted by Crippen LogP contribution is 2.21. The largest absolute Gasteiger partial charge is 0.288 e. The van der Waals surface area contributed by atoms with Crippen molar-refractivity contribution in [3.63, 3.8) is 0 Å². The molecule has 0 aliphatic carbocycles. The molecule has 3 aromatic heterocycles.